The molecule has 0 fully saturated rings. The van der Waals surface area contributed by atoms with Crippen LogP contribution in [-0.4, -0.2) is 36.4 Å². The van der Waals surface area contributed by atoms with Crippen LogP contribution in [0.3, 0.4) is 0 Å². The first-order valence-corrected chi connectivity index (χ1v) is 10.3. The molecule has 0 aromatic heterocycles. The number of nitrogens with zero attached hydrogens (tertiary/aromatic N) is 1. The van der Waals surface area contributed by atoms with Crippen LogP contribution in [0.1, 0.15) is 37.8 Å². The fraction of sp³-hybridized carbons (Fsp3) is 0.391. The fourth-order valence-corrected chi connectivity index (χ4v) is 3.22. The van der Waals surface area contributed by atoms with E-state index >= 15 is 0 Å². The standard InChI is InChI=1S/C23H29ClN2O3/c1-4-14-25-23(28)21(5-2)26(16-18-8-12-20(29-3)13-9-18)22(27)15-17-6-10-19(24)11-7-17/h6-13,21H,4-5,14-16H2,1-3H3,(H,25,28)/t21-/m0/s1. The Bertz CT molecular complexity index is 791. The van der Waals surface area contributed by atoms with Crippen LogP contribution in [0, 0.1) is 0 Å². The van der Waals surface area contributed by atoms with E-state index < -0.39 is 6.04 Å². The number of amides is 2. The van der Waals surface area contributed by atoms with Crippen LogP contribution in [0.5, 0.6) is 5.75 Å². The van der Waals surface area contributed by atoms with Crippen molar-refractivity contribution in [3.8, 4) is 5.75 Å². The summed E-state index contributed by atoms with van der Waals surface area (Å²) in [7, 11) is 1.61. The second-order valence-electron chi connectivity index (χ2n) is 6.89. The largest absolute Gasteiger partial charge is 0.497 e. The van der Waals surface area contributed by atoms with Crippen LogP contribution in [0.25, 0.3) is 0 Å². The molecule has 0 radical (unpaired) electrons. The summed E-state index contributed by atoms with van der Waals surface area (Å²) in [6, 6.07) is 14.2. The summed E-state index contributed by atoms with van der Waals surface area (Å²) in [5.41, 5.74) is 1.81. The molecule has 0 unspecified atom stereocenters. The van der Waals surface area contributed by atoms with Gasteiger partial charge in [-0.25, -0.2) is 0 Å². The fourth-order valence-electron chi connectivity index (χ4n) is 3.09. The van der Waals surface area contributed by atoms with Crippen LogP contribution >= 0.6 is 11.6 Å². The second-order valence-corrected chi connectivity index (χ2v) is 7.32. The van der Waals surface area contributed by atoms with Crippen molar-refractivity contribution in [1.29, 1.82) is 0 Å². The van der Waals surface area contributed by atoms with Gasteiger partial charge in [-0.1, -0.05) is 49.7 Å². The lowest BCUT2D eigenvalue weighted by Crippen LogP contribution is -2.49. The molecular weight excluding hydrogens is 388 g/mol. The monoisotopic (exact) mass is 416 g/mol. The molecule has 29 heavy (non-hydrogen) atoms. The van der Waals surface area contributed by atoms with Gasteiger partial charge in [-0.05, 0) is 48.2 Å². The maximum atomic E-state index is 13.2. The Hall–Kier alpha value is -2.53. The van der Waals surface area contributed by atoms with E-state index in [2.05, 4.69) is 5.32 Å². The van der Waals surface area contributed by atoms with E-state index in [0.717, 1.165) is 23.3 Å². The third kappa shape index (κ3) is 6.79. The van der Waals surface area contributed by atoms with Gasteiger partial charge in [0.05, 0.1) is 13.5 Å². The number of nitrogens with one attached hydrogen (secondary N) is 1. The molecule has 6 heteroatoms. The highest BCUT2D eigenvalue weighted by Gasteiger charge is 2.28. The van der Waals surface area contributed by atoms with Gasteiger partial charge >= 0.3 is 0 Å². The van der Waals surface area contributed by atoms with Crippen molar-refractivity contribution in [1.82, 2.24) is 10.2 Å². The molecule has 2 rings (SSSR count). The zero-order valence-electron chi connectivity index (χ0n) is 17.3. The molecule has 0 aliphatic carbocycles. The van der Waals surface area contributed by atoms with E-state index in [1.54, 1.807) is 24.1 Å². The quantitative estimate of drug-likeness (QED) is 0.630. The number of carbonyl (C=O) groups excluding carboxylic acids is 2. The number of benzene rings is 2. The number of methoxy groups -OCH3 is 1. The van der Waals surface area contributed by atoms with Crippen molar-refractivity contribution in [2.45, 2.75) is 45.7 Å². The highest BCUT2D eigenvalue weighted by molar-refractivity contribution is 6.30. The van der Waals surface area contributed by atoms with Gasteiger partial charge in [-0.15, -0.1) is 0 Å². The number of hydrogen-bond acceptors (Lipinski definition) is 3. The average molecular weight is 417 g/mol. The maximum absolute atomic E-state index is 13.2. The lowest BCUT2D eigenvalue weighted by molar-refractivity contribution is -0.140. The molecule has 2 amide bonds. The van der Waals surface area contributed by atoms with Crippen molar-refractivity contribution in [2.75, 3.05) is 13.7 Å². The normalized spacial score (nSPS) is 11.6. The maximum Gasteiger partial charge on any atom is 0.242 e. The Morgan fingerprint density at radius 1 is 1.03 bits per heavy atom. The van der Waals surface area contributed by atoms with Crippen LogP contribution < -0.4 is 10.1 Å². The third-order valence-corrected chi connectivity index (χ3v) is 4.97. The van der Waals surface area contributed by atoms with E-state index in [9.17, 15) is 9.59 Å². The lowest BCUT2D eigenvalue weighted by Gasteiger charge is -2.31. The highest BCUT2D eigenvalue weighted by atomic mass is 35.5. The molecule has 1 N–H and O–H groups in total. The SMILES string of the molecule is CCCNC(=O)[C@H](CC)N(Cc1ccc(OC)cc1)C(=O)Cc1ccc(Cl)cc1. The number of hydrogen-bond donors (Lipinski definition) is 1. The van der Waals surface area contributed by atoms with Gasteiger partial charge in [-0.2, -0.15) is 0 Å². The van der Waals surface area contributed by atoms with E-state index in [1.807, 2.05) is 50.2 Å². The molecule has 5 nitrogen and oxygen atoms in total. The van der Waals surface area contributed by atoms with Gasteiger partial charge in [0.2, 0.25) is 11.8 Å². The molecular formula is C23H29ClN2O3. The summed E-state index contributed by atoms with van der Waals surface area (Å²) < 4.78 is 5.21. The second kappa shape index (κ2) is 11.5. The van der Waals surface area contributed by atoms with Gasteiger partial charge in [-0.3, -0.25) is 9.59 Å². The Morgan fingerprint density at radius 2 is 1.66 bits per heavy atom. The van der Waals surface area contributed by atoms with Crippen LogP contribution in [0.15, 0.2) is 48.5 Å². The summed E-state index contributed by atoms with van der Waals surface area (Å²) in [5, 5.41) is 3.55. The molecule has 2 aromatic rings. The van der Waals surface area contributed by atoms with Gasteiger partial charge in [0.25, 0.3) is 0 Å². The molecule has 0 saturated heterocycles. The van der Waals surface area contributed by atoms with Gasteiger partial charge < -0.3 is 15.0 Å². The first kappa shape index (κ1) is 22.8. The summed E-state index contributed by atoms with van der Waals surface area (Å²) in [5.74, 6) is 0.537. The Kier molecular flexibility index (Phi) is 9.00. The molecule has 156 valence electrons. The van der Waals surface area contributed by atoms with Crippen molar-refractivity contribution in [2.24, 2.45) is 0 Å². The molecule has 2 aromatic carbocycles. The highest BCUT2D eigenvalue weighted by Crippen LogP contribution is 2.18. The minimum Gasteiger partial charge on any atom is -0.497 e. The molecule has 0 aliphatic rings. The topological polar surface area (TPSA) is 58.6 Å². The predicted octanol–water partition coefficient (Wildman–Crippen LogP) is 4.22. The predicted molar refractivity (Wildman–Crippen MR) is 116 cm³/mol. The zero-order valence-corrected chi connectivity index (χ0v) is 18.0. The van der Waals surface area contributed by atoms with Crippen LogP contribution in [0.4, 0.5) is 0 Å². The summed E-state index contributed by atoms with van der Waals surface area (Å²) in [6.07, 6.45) is 1.60. The average Bonchev–Trinajstić information content (AvgIpc) is 2.74. The first-order valence-electron chi connectivity index (χ1n) is 9.93. The summed E-state index contributed by atoms with van der Waals surface area (Å²) >= 11 is 5.95. The number of carbonyl (C=O) groups is 2. The number of rotatable bonds is 10. The minimum atomic E-state index is -0.525. The molecule has 0 saturated carbocycles. The van der Waals surface area contributed by atoms with E-state index in [0.29, 0.717) is 24.5 Å². The molecule has 0 heterocycles. The smallest absolute Gasteiger partial charge is 0.242 e. The van der Waals surface area contributed by atoms with E-state index in [-0.39, 0.29) is 18.2 Å². The Balaban J connectivity index is 2.24. The zero-order chi connectivity index (χ0) is 21.2. The Labute approximate surface area is 178 Å². The molecule has 0 aliphatic heterocycles. The number of halogens is 1. The van der Waals surface area contributed by atoms with Crippen LogP contribution in [0.2, 0.25) is 5.02 Å². The summed E-state index contributed by atoms with van der Waals surface area (Å²) in [6.45, 7) is 4.88. The third-order valence-electron chi connectivity index (χ3n) is 4.72. The molecule has 0 spiro atoms. The first-order chi connectivity index (χ1) is 14.0. The van der Waals surface area contributed by atoms with Crippen molar-refractivity contribution in [3.05, 3.63) is 64.7 Å². The Morgan fingerprint density at radius 3 is 2.21 bits per heavy atom. The van der Waals surface area contributed by atoms with Crippen molar-refractivity contribution in [3.63, 3.8) is 0 Å². The van der Waals surface area contributed by atoms with Gasteiger partial charge in [0.15, 0.2) is 0 Å². The lowest BCUT2D eigenvalue weighted by atomic mass is 10.1. The number of ether oxygens (including phenoxy) is 1. The molecule has 1 atom stereocenters. The van der Waals surface area contributed by atoms with Gasteiger partial charge in [0.1, 0.15) is 11.8 Å². The molecule has 0 bridgehead atoms. The van der Waals surface area contributed by atoms with Crippen molar-refractivity contribution < 1.29 is 14.3 Å². The van der Waals surface area contributed by atoms with E-state index in [1.165, 1.54) is 0 Å². The minimum absolute atomic E-state index is 0.0957. The van der Waals surface area contributed by atoms with Gasteiger partial charge in [0, 0.05) is 18.1 Å². The van der Waals surface area contributed by atoms with Crippen molar-refractivity contribution >= 4 is 23.4 Å². The van der Waals surface area contributed by atoms with E-state index in [4.69, 9.17) is 16.3 Å². The van der Waals surface area contributed by atoms with Crippen LogP contribution in [-0.2, 0) is 22.6 Å². The summed E-state index contributed by atoms with van der Waals surface area (Å²) in [4.78, 5) is 27.6.